The van der Waals surface area contributed by atoms with E-state index in [0.29, 0.717) is 12.3 Å². The van der Waals surface area contributed by atoms with Crippen LogP contribution in [0.25, 0.3) is 0 Å². The zero-order chi connectivity index (χ0) is 19.2. The van der Waals surface area contributed by atoms with Crippen molar-refractivity contribution in [3.8, 4) is 5.75 Å². The summed E-state index contributed by atoms with van der Waals surface area (Å²) >= 11 is 0. The maximum atomic E-state index is 13.0. The molecule has 2 aromatic rings. The van der Waals surface area contributed by atoms with Crippen LogP contribution in [0.1, 0.15) is 30.9 Å². The number of hydrazine groups is 3. The molecule has 1 aliphatic heterocycles. The first-order valence-corrected chi connectivity index (χ1v) is 9.12. The second-order valence-corrected chi connectivity index (χ2v) is 6.90. The second kappa shape index (κ2) is 8.96. The first-order valence-electron chi connectivity index (χ1n) is 9.12. The molecule has 1 atom stereocenters. The Morgan fingerprint density at radius 2 is 1.74 bits per heavy atom. The Labute approximate surface area is 159 Å². The first kappa shape index (κ1) is 19.3. The lowest BCUT2D eigenvalue weighted by Crippen LogP contribution is -2.47. The fourth-order valence-corrected chi connectivity index (χ4v) is 3.12. The quantitative estimate of drug-likeness (QED) is 0.514. The van der Waals surface area contributed by atoms with Crippen molar-refractivity contribution in [1.29, 1.82) is 0 Å². The summed E-state index contributed by atoms with van der Waals surface area (Å²) in [7, 11) is 1.64. The number of anilines is 1. The van der Waals surface area contributed by atoms with Gasteiger partial charge in [-0.15, -0.1) is 0 Å². The predicted octanol–water partition coefficient (Wildman–Crippen LogP) is 2.06. The second-order valence-electron chi connectivity index (χ2n) is 6.90. The molecule has 0 aromatic heterocycles. The number of hydrogen-bond acceptors (Lipinski definition) is 6. The lowest BCUT2D eigenvalue weighted by molar-refractivity contribution is -0.120. The van der Waals surface area contributed by atoms with Gasteiger partial charge in [0.15, 0.2) is 0 Å². The van der Waals surface area contributed by atoms with E-state index in [-0.39, 0.29) is 18.0 Å². The summed E-state index contributed by atoms with van der Waals surface area (Å²) in [6, 6.07) is 15.7. The van der Waals surface area contributed by atoms with Crippen LogP contribution < -0.4 is 32.0 Å². The monoisotopic (exact) mass is 369 g/mol. The van der Waals surface area contributed by atoms with Crippen molar-refractivity contribution < 1.29 is 9.53 Å². The Morgan fingerprint density at radius 3 is 2.37 bits per heavy atom. The third kappa shape index (κ3) is 4.84. The van der Waals surface area contributed by atoms with Gasteiger partial charge in [0.25, 0.3) is 0 Å². The number of benzene rings is 2. The average molecular weight is 369 g/mol. The highest BCUT2D eigenvalue weighted by Gasteiger charge is 2.31. The maximum absolute atomic E-state index is 13.0. The van der Waals surface area contributed by atoms with Crippen LogP contribution in [0.15, 0.2) is 48.5 Å². The van der Waals surface area contributed by atoms with Crippen LogP contribution in [0.4, 0.5) is 5.69 Å². The molecule has 1 fully saturated rings. The molecule has 1 unspecified atom stereocenters. The van der Waals surface area contributed by atoms with Gasteiger partial charge in [-0.25, -0.2) is 10.9 Å². The zero-order valence-electron chi connectivity index (χ0n) is 15.9. The van der Waals surface area contributed by atoms with E-state index in [4.69, 9.17) is 4.74 Å². The molecule has 0 bridgehead atoms. The van der Waals surface area contributed by atoms with Crippen molar-refractivity contribution in [2.24, 2.45) is 5.92 Å². The van der Waals surface area contributed by atoms with Gasteiger partial charge in [0.2, 0.25) is 5.91 Å². The van der Waals surface area contributed by atoms with Crippen LogP contribution in [0.5, 0.6) is 5.75 Å². The summed E-state index contributed by atoms with van der Waals surface area (Å²) in [6.45, 7) is 4.29. The highest BCUT2D eigenvalue weighted by Crippen LogP contribution is 2.24. The third-order valence-corrected chi connectivity index (χ3v) is 4.73. The van der Waals surface area contributed by atoms with E-state index in [1.165, 1.54) is 5.56 Å². The largest absolute Gasteiger partial charge is 0.496 e. The van der Waals surface area contributed by atoms with E-state index in [1.54, 1.807) is 7.11 Å². The Balaban J connectivity index is 1.76. The topological polar surface area (TPSA) is 86.5 Å². The third-order valence-electron chi connectivity index (χ3n) is 4.73. The lowest BCUT2D eigenvalue weighted by atomic mass is 9.95. The maximum Gasteiger partial charge on any atom is 0.230 e. The molecule has 0 radical (unpaired) electrons. The highest BCUT2D eigenvalue weighted by atomic mass is 16.5. The molecule has 1 heterocycles. The molecule has 5 N–H and O–H groups in total. The molecule has 3 rings (SSSR count). The Kier molecular flexibility index (Phi) is 6.41. The lowest BCUT2D eigenvalue weighted by Gasteiger charge is -2.23. The predicted molar refractivity (Wildman–Crippen MR) is 106 cm³/mol. The van der Waals surface area contributed by atoms with Crippen molar-refractivity contribution in [3.63, 3.8) is 0 Å². The number of methoxy groups -OCH3 is 1. The minimum absolute atomic E-state index is 0.0753. The molecule has 7 heteroatoms. The fraction of sp³-hybridized carbons (Fsp3) is 0.350. The molecule has 144 valence electrons. The van der Waals surface area contributed by atoms with E-state index in [2.05, 4.69) is 41.1 Å². The normalized spacial score (nSPS) is 15.7. The van der Waals surface area contributed by atoms with Crippen LogP contribution in [0, 0.1) is 5.92 Å². The van der Waals surface area contributed by atoms with Crippen LogP contribution in [-0.2, 0) is 11.2 Å². The standard InChI is InChI=1S/C20H27N5O2/c1-13(2)14-8-10-16(11-9-14)21-20(26)17(19-22-24-25-23-19)12-15-6-4-5-7-18(15)27-3/h4-11,13,17,19,22-25H,12H2,1-3H3,(H,21,26). The number of para-hydroxylation sites is 1. The van der Waals surface area contributed by atoms with Crippen LogP contribution >= 0.6 is 0 Å². The van der Waals surface area contributed by atoms with Gasteiger partial charge in [0.05, 0.1) is 19.2 Å². The molecule has 1 saturated heterocycles. The molecule has 27 heavy (non-hydrogen) atoms. The minimum Gasteiger partial charge on any atom is -0.496 e. The number of carbonyl (C=O) groups is 1. The summed E-state index contributed by atoms with van der Waals surface area (Å²) in [5.41, 5.74) is 14.6. The van der Waals surface area contributed by atoms with Gasteiger partial charge in [-0.2, -0.15) is 11.1 Å². The Hall–Kier alpha value is -2.45. The summed E-state index contributed by atoms with van der Waals surface area (Å²) in [5.74, 6) is 0.787. The Bertz CT molecular complexity index is 757. The first-order chi connectivity index (χ1) is 13.1. The van der Waals surface area contributed by atoms with Crippen molar-refractivity contribution in [2.45, 2.75) is 32.4 Å². The molecular formula is C20H27N5O2. The van der Waals surface area contributed by atoms with Gasteiger partial charge in [-0.1, -0.05) is 44.2 Å². The van der Waals surface area contributed by atoms with Gasteiger partial charge in [-0.05, 0) is 41.7 Å². The average Bonchev–Trinajstić information content (AvgIpc) is 3.21. The smallest absolute Gasteiger partial charge is 0.230 e. The van der Waals surface area contributed by atoms with Crippen molar-refractivity contribution in [1.82, 2.24) is 21.9 Å². The number of rotatable bonds is 7. The van der Waals surface area contributed by atoms with Crippen LogP contribution in [-0.4, -0.2) is 19.2 Å². The molecule has 2 aromatic carbocycles. The summed E-state index contributed by atoms with van der Waals surface area (Å²) < 4.78 is 5.44. The molecule has 0 saturated carbocycles. The fourth-order valence-electron chi connectivity index (χ4n) is 3.12. The molecule has 1 amide bonds. The zero-order valence-corrected chi connectivity index (χ0v) is 15.9. The van der Waals surface area contributed by atoms with Gasteiger partial charge < -0.3 is 10.1 Å². The van der Waals surface area contributed by atoms with Gasteiger partial charge in [0.1, 0.15) is 5.75 Å². The van der Waals surface area contributed by atoms with Crippen molar-refractivity contribution in [3.05, 3.63) is 59.7 Å². The number of amides is 1. The van der Waals surface area contributed by atoms with E-state index < -0.39 is 0 Å². The summed E-state index contributed by atoms with van der Waals surface area (Å²) in [6.07, 6.45) is 0.248. The number of carbonyl (C=O) groups excluding carboxylic acids is 1. The molecule has 1 aliphatic rings. The van der Waals surface area contributed by atoms with Gasteiger partial charge in [-0.3, -0.25) is 4.79 Å². The SMILES string of the molecule is COc1ccccc1CC(C(=O)Nc1ccc(C(C)C)cc1)C1NNNN1. The van der Waals surface area contributed by atoms with E-state index in [0.717, 1.165) is 17.0 Å². The van der Waals surface area contributed by atoms with E-state index in [1.807, 2.05) is 48.5 Å². The number of hydrogen-bond donors (Lipinski definition) is 5. The number of nitrogens with one attached hydrogen (secondary N) is 5. The van der Waals surface area contributed by atoms with Crippen LogP contribution in [0.2, 0.25) is 0 Å². The van der Waals surface area contributed by atoms with Gasteiger partial charge in [0, 0.05) is 5.69 Å². The highest BCUT2D eigenvalue weighted by molar-refractivity contribution is 5.93. The van der Waals surface area contributed by atoms with E-state index >= 15 is 0 Å². The number of ether oxygens (including phenoxy) is 1. The Morgan fingerprint density at radius 1 is 1.07 bits per heavy atom. The van der Waals surface area contributed by atoms with Crippen molar-refractivity contribution >= 4 is 11.6 Å². The molecule has 0 spiro atoms. The minimum atomic E-state index is -0.367. The summed E-state index contributed by atoms with van der Waals surface area (Å²) in [5, 5.41) is 3.03. The van der Waals surface area contributed by atoms with E-state index in [9.17, 15) is 4.79 Å². The molecular weight excluding hydrogens is 342 g/mol. The molecule has 0 aliphatic carbocycles. The summed E-state index contributed by atoms with van der Waals surface area (Å²) in [4.78, 5) is 13.0. The van der Waals surface area contributed by atoms with Crippen molar-refractivity contribution in [2.75, 3.05) is 12.4 Å². The van der Waals surface area contributed by atoms with Gasteiger partial charge >= 0.3 is 0 Å². The van der Waals surface area contributed by atoms with Crippen LogP contribution in [0.3, 0.4) is 0 Å². The molecule has 7 nitrogen and oxygen atoms in total.